The third-order valence-corrected chi connectivity index (χ3v) is 6.23. The maximum Gasteiger partial charge on any atom is 0.322 e. The van der Waals surface area contributed by atoms with Crippen molar-refractivity contribution in [3.05, 3.63) is 60.2 Å². The second-order valence-corrected chi connectivity index (χ2v) is 8.35. The molecule has 0 unspecified atom stereocenters. The molecule has 2 aromatic carbocycles. The normalized spacial score (nSPS) is 21.3. The number of carbonyl (C=O) groups excluding carboxylic acids is 4. The van der Waals surface area contributed by atoms with Crippen LogP contribution >= 0.6 is 0 Å². The van der Waals surface area contributed by atoms with E-state index in [-0.39, 0.29) is 24.7 Å². The summed E-state index contributed by atoms with van der Waals surface area (Å²) in [5, 5.41) is 4.77. The summed E-state index contributed by atoms with van der Waals surface area (Å²) in [5.41, 5.74) is 3.07. The summed E-state index contributed by atoms with van der Waals surface area (Å²) in [6, 6.07) is 15.8. The summed E-state index contributed by atoms with van der Waals surface area (Å²) in [6.45, 7) is 3.32. The molecule has 33 heavy (non-hydrogen) atoms. The van der Waals surface area contributed by atoms with Gasteiger partial charge < -0.3 is 15.1 Å². The van der Waals surface area contributed by atoms with Crippen molar-refractivity contribution in [2.45, 2.75) is 38.3 Å². The predicted molar refractivity (Wildman–Crippen MR) is 123 cm³/mol. The van der Waals surface area contributed by atoms with Crippen molar-refractivity contribution in [1.82, 2.24) is 20.4 Å². The Labute approximate surface area is 192 Å². The molecule has 0 aliphatic carbocycles. The minimum absolute atomic E-state index is 0.0712. The largest absolute Gasteiger partial charge is 0.339 e. The smallest absolute Gasteiger partial charge is 0.322 e. The van der Waals surface area contributed by atoms with Crippen molar-refractivity contribution in [3.8, 4) is 11.1 Å². The predicted octanol–water partition coefficient (Wildman–Crippen LogP) is 1.94. The molecule has 0 radical (unpaired) electrons. The molecule has 8 heteroatoms. The molecule has 0 saturated carbocycles. The van der Waals surface area contributed by atoms with Crippen molar-refractivity contribution in [3.63, 3.8) is 0 Å². The first kappa shape index (κ1) is 22.5. The summed E-state index contributed by atoms with van der Waals surface area (Å²) in [4.78, 5) is 53.6. The van der Waals surface area contributed by atoms with Crippen molar-refractivity contribution in [1.29, 1.82) is 0 Å². The quantitative estimate of drug-likeness (QED) is 0.730. The van der Waals surface area contributed by atoms with Gasteiger partial charge in [0.05, 0.1) is 0 Å². The van der Waals surface area contributed by atoms with E-state index in [1.807, 2.05) is 61.5 Å². The first-order valence-corrected chi connectivity index (χ1v) is 11.3. The van der Waals surface area contributed by atoms with Gasteiger partial charge in [0.25, 0.3) is 0 Å². The molecule has 0 bridgehead atoms. The van der Waals surface area contributed by atoms with Gasteiger partial charge in [0, 0.05) is 32.5 Å². The molecule has 2 aliphatic heterocycles. The van der Waals surface area contributed by atoms with E-state index in [4.69, 9.17) is 0 Å². The fourth-order valence-corrected chi connectivity index (χ4v) is 4.46. The van der Waals surface area contributed by atoms with Crippen molar-refractivity contribution in [2.75, 3.05) is 19.6 Å². The number of likely N-dealkylation sites (N-methyl/N-ethyl adjacent to an activating group) is 1. The van der Waals surface area contributed by atoms with Crippen LogP contribution in [0.2, 0.25) is 0 Å². The fourth-order valence-electron chi connectivity index (χ4n) is 4.46. The standard InChI is InChI=1S/C25H28N4O4/c1-2-28-13-14-29(23(31)20-11-12-22(30)27-25(33)26-20)21(24(28)32)16-17-7-6-10-19(15-17)18-8-4-3-5-9-18/h3-10,15,20-21H,2,11-14,16H2,1H3,(H2,26,27,30,33)/t20-,21-/m1/s1. The number of hydrogen-bond donors (Lipinski definition) is 2. The van der Waals surface area contributed by atoms with Crippen LogP contribution in [0, 0.1) is 0 Å². The minimum Gasteiger partial charge on any atom is -0.339 e. The lowest BCUT2D eigenvalue weighted by atomic mass is 9.96. The molecule has 2 atom stereocenters. The molecule has 2 aromatic rings. The van der Waals surface area contributed by atoms with E-state index in [2.05, 4.69) is 10.6 Å². The summed E-state index contributed by atoms with van der Waals surface area (Å²) in [6.07, 6.45) is 0.649. The monoisotopic (exact) mass is 448 g/mol. The van der Waals surface area contributed by atoms with Crippen molar-refractivity contribution < 1.29 is 19.2 Å². The molecule has 2 fully saturated rings. The van der Waals surface area contributed by atoms with Gasteiger partial charge in [-0.2, -0.15) is 0 Å². The van der Waals surface area contributed by atoms with Gasteiger partial charge in [0.2, 0.25) is 17.7 Å². The molecular weight excluding hydrogens is 420 g/mol. The van der Waals surface area contributed by atoms with E-state index < -0.39 is 24.0 Å². The van der Waals surface area contributed by atoms with E-state index in [9.17, 15) is 19.2 Å². The average molecular weight is 449 g/mol. The fraction of sp³-hybridized carbons (Fsp3) is 0.360. The number of nitrogens with one attached hydrogen (secondary N) is 2. The Kier molecular flexibility index (Phi) is 6.72. The van der Waals surface area contributed by atoms with Gasteiger partial charge in [-0.25, -0.2) is 4.79 Å². The second kappa shape index (κ2) is 9.85. The molecule has 5 amide bonds. The lowest BCUT2D eigenvalue weighted by Gasteiger charge is -2.41. The molecule has 2 N–H and O–H groups in total. The number of piperazine rings is 1. The number of rotatable bonds is 5. The van der Waals surface area contributed by atoms with Gasteiger partial charge in [-0.05, 0) is 30.0 Å². The Morgan fingerprint density at radius 2 is 1.76 bits per heavy atom. The van der Waals surface area contributed by atoms with Crippen LogP contribution in [0.4, 0.5) is 4.79 Å². The highest BCUT2D eigenvalue weighted by Crippen LogP contribution is 2.23. The summed E-state index contributed by atoms with van der Waals surface area (Å²) in [5.74, 6) is -0.839. The minimum atomic E-state index is -0.837. The highest BCUT2D eigenvalue weighted by molar-refractivity contribution is 5.99. The molecular formula is C25H28N4O4. The number of hydrogen-bond acceptors (Lipinski definition) is 4. The van der Waals surface area contributed by atoms with Crippen LogP contribution in [0.15, 0.2) is 54.6 Å². The summed E-state index contributed by atoms with van der Waals surface area (Å²) >= 11 is 0. The maximum absolute atomic E-state index is 13.4. The molecule has 2 saturated heterocycles. The van der Waals surface area contributed by atoms with Crippen LogP contribution in [-0.2, 0) is 20.8 Å². The maximum atomic E-state index is 13.4. The van der Waals surface area contributed by atoms with Crippen LogP contribution in [0.5, 0.6) is 0 Å². The molecule has 4 rings (SSSR count). The number of benzene rings is 2. The lowest BCUT2D eigenvalue weighted by Crippen LogP contribution is -2.62. The zero-order valence-electron chi connectivity index (χ0n) is 18.6. The van der Waals surface area contributed by atoms with E-state index >= 15 is 0 Å². The van der Waals surface area contributed by atoms with Crippen molar-refractivity contribution >= 4 is 23.8 Å². The molecule has 172 valence electrons. The molecule has 0 spiro atoms. The average Bonchev–Trinajstić information content (AvgIpc) is 3.00. The van der Waals surface area contributed by atoms with Gasteiger partial charge in [0.15, 0.2) is 0 Å². The Hall–Kier alpha value is -3.68. The van der Waals surface area contributed by atoms with Crippen molar-refractivity contribution in [2.24, 2.45) is 0 Å². The molecule has 8 nitrogen and oxygen atoms in total. The molecule has 2 aliphatic rings. The third kappa shape index (κ3) is 5.05. The van der Waals surface area contributed by atoms with Crippen LogP contribution in [0.1, 0.15) is 25.3 Å². The summed E-state index contributed by atoms with van der Waals surface area (Å²) in [7, 11) is 0. The highest BCUT2D eigenvalue weighted by atomic mass is 16.2. The van der Waals surface area contributed by atoms with Gasteiger partial charge in [0.1, 0.15) is 12.1 Å². The van der Waals surface area contributed by atoms with E-state index in [0.29, 0.717) is 26.1 Å². The van der Waals surface area contributed by atoms with E-state index in [0.717, 1.165) is 16.7 Å². The molecule has 0 aromatic heterocycles. The number of nitrogens with zero attached hydrogens (tertiary/aromatic N) is 2. The Balaban J connectivity index is 1.59. The van der Waals surface area contributed by atoms with Gasteiger partial charge in [-0.3, -0.25) is 19.7 Å². The van der Waals surface area contributed by atoms with Gasteiger partial charge in [-0.15, -0.1) is 0 Å². The Morgan fingerprint density at radius 3 is 2.52 bits per heavy atom. The zero-order valence-corrected chi connectivity index (χ0v) is 18.6. The Bertz CT molecular complexity index is 1060. The SMILES string of the molecule is CCN1CCN(C(=O)[C@H]2CCC(=O)NC(=O)N2)[C@H](Cc2cccc(-c3ccccc3)c2)C1=O. The highest BCUT2D eigenvalue weighted by Gasteiger charge is 2.40. The van der Waals surface area contributed by atoms with Crippen LogP contribution in [0.25, 0.3) is 11.1 Å². The number of carbonyl (C=O) groups is 4. The number of urea groups is 1. The Morgan fingerprint density at radius 1 is 1.00 bits per heavy atom. The summed E-state index contributed by atoms with van der Waals surface area (Å²) < 4.78 is 0. The number of imide groups is 1. The van der Waals surface area contributed by atoms with Crippen LogP contribution in [-0.4, -0.2) is 65.3 Å². The number of amides is 5. The third-order valence-electron chi connectivity index (χ3n) is 6.23. The lowest BCUT2D eigenvalue weighted by molar-refractivity contribution is -0.152. The topological polar surface area (TPSA) is 98.8 Å². The first-order chi connectivity index (χ1) is 16.0. The van der Waals surface area contributed by atoms with Gasteiger partial charge in [-0.1, -0.05) is 54.6 Å². The van der Waals surface area contributed by atoms with E-state index in [1.54, 1.807) is 9.80 Å². The second-order valence-electron chi connectivity index (χ2n) is 8.35. The van der Waals surface area contributed by atoms with Gasteiger partial charge >= 0.3 is 6.03 Å². The van der Waals surface area contributed by atoms with Crippen LogP contribution in [0.3, 0.4) is 0 Å². The van der Waals surface area contributed by atoms with Crippen LogP contribution < -0.4 is 10.6 Å². The zero-order chi connectivity index (χ0) is 23.4. The molecule has 2 heterocycles. The van der Waals surface area contributed by atoms with E-state index in [1.165, 1.54) is 0 Å². The first-order valence-electron chi connectivity index (χ1n) is 11.3.